The molecular weight excluding hydrogens is 504 g/mol. The number of ether oxygens (including phenoxy) is 1. The highest BCUT2D eigenvalue weighted by Gasteiger charge is 2.28. The Kier molecular flexibility index (Phi) is 8.15. The SMILES string of the molecule is CCOc1ccc(N(CC(=O)NC(C)c2ccc(C)cc2)S(=O)(=O)c2ccc(Br)cc2)cc1. The number of nitrogens with zero attached hydrogens (tertiary/aromatic N) is 1. The predicted molar refractivity (Wildman–Crippen MR) is 134 cm³/mol. The molecule has 3 rings (SSSR count). The molecule has 0 aliphatic heterocycles. The Bertz CT molecular complexity index is 1180. The largest absolute Gasteiger partial charge is 0.494 e. The predicted octanol–water partition coefficient (Wildman–Crippen LogP) is 5.23. The van der Waals surface area contributed by atoms with Crippen molar-refractivity contribution in [2.45, 2.75) is 31.7 Å². The molecule has 174 valence electrons. The lowest BCUT2D eigenvalue weighted by molar-refractivity contribution is -0.120. The summed E-state index contributed by atoms with van der Waals surface area (Å²) in [5, 5.41) is 2.90. The molecule has 0 saturated heterocycles. The number of rotatable bonds is 9. The summed E-state index contributed by atoms with van der Waals surface area (Å²) in [6, 6.07) is 20.6. The molecule has 3 aromatic carbocycles. The van der Waals surface area contributed by atoms with Crippen molar-refractivity contribution in [3.8, 4) is 5.75 Å². The molecule has 0 radical (unpaired) electrons. The summed E-state index contributed by atoms with van der Waals surface area (Å²) < 4.78 is 34.3. The second-order valence-corrected chi connectivity index (χ2v) is 10.4. The van der Waals surface area contributed by atoms with Crippen LogP contribution in [0, 0.1) is 6.92 Å². The zero-order valence-electron chi connectivity index (χ0n) is 18.8. The van der Waals surface area contributed by atoms with Gasteiger partial charge in [-0.05, 0) is 74.9 Å². The van der Waals surface area contributed by atoms with Gasteiger partial charge in [0, 0.05) is 4.47 Å². The molecule has 0 aliphatic rings. The van der Waals surface area contributed by atoms with E-state index in [1.54, 1.807) is 36.4 Å². The zero-order valence-corrected chi connectivity index (χ0v) is 21.2. The molecule has 0 aliphatic carbocycles. The van der Waals surface area contributed by atoms with Crippen LogP contribution < -0.4 is 14.4 Å². The Morgan fingerprint density at radius 1 is 1.00 bits per heavy atom. The molecule has 1 unspecified atom stereocenters. The maximum absolute atomic E-state index is 13.5. The van der Waals surface area contributed by atoms with Crippen molar-refractivity contribution < 1.29 is 17.9 Å². The molecule has 33 heavy (non-hydrogen) atoms. The van der Waals surface area contributed by atoms with E-state index < -0.39 is 15.9 Å². The number of hydrogen-bond acceptors (Lipinski definition) is 4. The molecule has 1 amide bonds. The van der Waals surface area contributed by atoms with Crippen LogP contribution in [-0.2, 0) is 14.8 Å². The number of anilines is 1. The maximum Gasteiger partial charge on any atom is 0.264 e. The van der Waals surface area contributed by atoms with Crippen molar-refractivity contribution in [2.24, 2.45) is 0 Å². The molecule has 6 nitrogen and oxygen atoms in total. The van der Waals surface area contributed by atoms with Gasteiger partial charge in [0.2, 0.25) is 5.91 Å². The van der Waals surface area contributed by atoms with Crippen molar-refractivity contribution in [3.05, 3.63) is 88.4 Å². The highest BCUT2D eigenvalue weighted by atomic mass is 79.9. The first-order valence-corrected chi connectivity index (χ1v) is 12.8. The van der Waals surface area contributed by atoms with Crippen LogP contribution in [0.4, 0.5) is 5.69 Å². The minimum atomic E-state index is -3.99. The number of amides is 1. The molecule has 1 N–H and O–H groups in total. The van der Waals surface area contributed by atoms with Gasteiger partial charge in [-0.3, -0.25) is 9.10 Å². The van der Waals surface area contributed by atoms with Crippen molar-refractivity contribution in [3.63, 3.8) is 0 Å². The minimum Gasteiger partial charge on any atom is -0.494 e. The summed E-state index contributed by atoms with van der Waals surface area (Å²) in [6.07, 6.45) is 0. The molecule has 0 saturated carbocycles. The fourth-order valence-corrected chi connectivity index (χ4v) is 4.97. The van der Waals surface area contributed by atoms with E-state index in [0.717, 1.165) is 19.9 Å². The van der Waals surface area contributed by atoms with Crippen LogP contribution in [0.1, 0.15) is 31.0 Å². The van der Waals surface area contributed by atoms with Gasteiger partial charge in [-0.15, -0.1) is 0 Å². The van der Waals surface area contributed by atoms with Crippen LogP contribution in [-0.4, -0.2) is 27.5 Å². The van der Waals surface area contributed by atoms with E-state index in [1.165, 1.54) is 12.1 Å². The fraction of sp³-hybridized carbons (Fsp3) is 0.240. The number of aryl methyl sites for hydroxylation is 1. The fourth-order valence-electron chi connectivity index (χ4n) is 3.28. The van der Waals surface area contributed by atoms with Gasteiger partial charge in [0.05, 0.1) is 23.2 Å². The van der Waals surface area contributed by atoms with Gasteiger partial charge in [0.15, 0.2) is 0 Å². The van der Waals surface area contributed by atoms with Crippen LogP contribution in [0.5, 0.6) is 5.75 Å². The van der Waals surface area contributed by atoms with Crippen LogP contribution >= 0.6 is 15.9 Å². The summed E-state index contributed by atoms with van der Waals surface area (Å²) in [5.41, 5.74) is 2.44. The van der Waals surface area contributed by atoms with Gasteiger partial charge >= 0.3 is 0 Å². The molecular formula is C25H27BrN2O4S. The monoisotopic (exact) mass is 530 g/mol. The molecule has 1 atom stereocenters. The first-order valence-electron chi connectivity index (χ1n) is 10.6. The van der Waals surface area contributed by atoms with Crippen molar-refractivity contribution in [2.75, 3.05) is 17.5 Å². The Balaban J connectivity index is 1.88. The third-order valence-electron chi connectivity index (χ3n) is 5.08. The average Bonchev–Trinajstić information content (AvgIpc) is 2.79. The molecule has 0 spiro atoms. The van der Waals surface area contributed by atoms with E-state index >= 15 is 0 Å². The summed E-state index contributed by atoms with van der Waals surface area (Å²) in [7, 11) is -3.99. The van der Waals surface area contributed by atoms with Crippen molar-refractivity contribution in [1.82, 2.24) is 5.32 Å². The lowest BCUT2D eigenvalue weighted by Crippen LogP contribution is -2.41. The topological polar surface area (TPSA) is 75.7 Å². The molecule has 3 aromatic rings. The van der Waals surface area contributed by atoms with Gasteiger partial charge in [-0.2, -0.15) is 0 Å². The van der Waals surface area contributed by atoms with Gasteiger partial charge in [-0.1, -0.05) is 45.8 Å². The number of hydrogen-bond donors (Lipinski definition) is 1. The van der Waals surface area contributed by atoms with Gasteiger partial charge in [-0.25, -0.2) is 8.42 Å². The number of halogens is 1. The van der Waals surface area contributed by atoms with Gasteiger partial charge < -0.3 is 10.1 Å². The number of benzene rings is 3. The quantitative estimate of drug-likeness (QED) is 0.411. The molecule has 0 heterocycles. The first kappa shape index (κ1) is 24.8. The third kappa shape index (κ3) is 6.36. The van der Waals surface area contributed by atoms with Gasteiger partial charge in [0.25, 0.3) is 10.0 Å². The van der Waals surface area contributed by atoms with Crippen molar-refractivity contribution in [1.29, 1.82) is 0 Å². The number of carbonyl (C=O) groups is 1. The van der Waals surface area contributed by atoms with Crippen LogP contribution in [0.25, 0.3) is 0 Å². The molecule has 0 fully saturated rings. The molecule has 0 bridgehead atoms. The minimum absolute atomic E-state index is 0.0963. The number of carbonyl (C=O) groups excluding carboxylic acids is 1. The van der Waals surface area contributed by atoms with Crippen molar-refractivity contribution >= 4 is 37.5 Å². The average molecular weight is 531 g/mol. The molecule has 8 heteroatoms. The highest BCUT2D eigenvalue weighted by Crippen LogP contribution is 2.27. The normalized spacial score (nSPS) is 12.1. The Morgan fingerprint density at radius 2 is 1.61 bits per heavy atom. The summed E-state index contributed by atoms with van der Waals surface area (Å²) in [6.45, 7) is 5.88. The summed E-state index contributed by atoms with van der Waals surface area (Å²) in [5.74, 6) is 0.220. The standard InChI is InChI=1S/C25H27BrN2O4S/c1-4-32-23-13-11-22(12-14-23)28(33(30,31)24-15-9-21(26)10-16-24)17-25(29)27-19(3)20-7-5-18(2)6-8-20/h5-16,19H,4,17H2,1-3H3,(H,27,29). The number of sulfonamides is 1. The second kappa shape index (κ2) is 10.9. The summed E-state index contributed by atoms with van der Waals surface area (Å²) in [4.78, 5) is 13.0. The van der Waals surface area contributed by atoms with Crippen LogP contribution in [0.2, 0.25) is 0 Å². The van der Waals surface area contributed by atoms with E-state index in [2.05, 4.69) is 21.2 Å². The van der Waals surface area contributed by atoms with E-state index in [1.807, 2.05) is 45.0 Å². The van der Waals surface area contributed by atoms with Crippen LogP contribution in [0.3, 0.4) is 0 Å². The number of nitrogens with one attached hydrogen (secondary N) is 1. The van der Waals surface area contributed by atoms with E-state index in [4.69, 9.17) is 4.74 Å². The Labute approximate surface area is 203 Å². The van der Waals surface area contributed by atoms with E-state index in [-0.39, 0.29) is 17.5 Å². The van der Waals surface area contributed by atoms with Gasteiger partial charge in [0.1, 0.15) is 12.3 Å². The lowest BCUT2D eigenvalue weighted by Gasteiger charge is -2.25. The van der Waals surface area contributed by atoms with E-state index in [0.29, 0.717) is 18.0 Å². The first-order chi connectivity index (χ1) is 15.7. The Hall–Kier alpha value is -2.84. The third-order valence-corrected chi connectivity index (χ3v) is 7.40. The zero-order chi connectivity index (χ0) is 24.0. The lowest BCUT2D eigenvalue weighted by atomic mass is 10.1. The maximum atomic E-state index is 13.5. The summed E-state index contributed by atoms with van der Waals surface area (Å²) >= 11 is 3.32. The van der Waals surface area contributed by atoms with Crippen LogP contribution in [0.15, 0.2) is 82.2 Å². The highest BCUT2D eigenvalue weighted by molar-refractivity contribution is 9.10. The Morgan fingerprint density at radius 3 is 2.18 bits per heavy atom. The molecule has 0 aromatic heterocycles. The van der Waals surface area contributed by atoms with E-state index in [9.17, 15) is 13.2 Å². The smallest absolute Gasteiger partial charge is 0.264 e. The second-order valence-electron chi connectivity index (χ2n) is 7.59.